The molecule has 0 aliphatic heterocycles. The van der Waals surface area contributed by atoms with Gasteiger partial charge in [0.25, 0.3) is 0 Å². The van der Waals surface area contributed by atoms with Gasteiger partial charge in [0.1, 0.15) is 0 Å². The summed E-state index contributed by atoms with van der Waals surface area (Å²) in [5.74, 6) is 0. The first-order valence-electron chi connectivity index (χ1n) is 18.9. The zero-order chi connectivity index (χ0) is 36.5. The van der Waals surface area contributed by atoms with Crippen molar-refractivity contribution in [2.24, 2.45) is 0 Å². The molecule has 4 aromatic rings. The van der Waals surface area contributed by atoms with E-state index >= 15 is 0 Å². The summed E-state index contributed by atoms with van der Waals surface area (Å²) in [6.45, 7) is 22.8. The topological polar surface area (TPSA) is 0 Å². The van der Waals surface area contributed by atoms with E-state index in [4.69, 9.17) is 0 Å². The molecule has 0 spiro atoms. The second-order valence-electron chi connectivity index (χ2n) is 16.2. The predicted octanol–water partition coefficient (Wildman–Crippen LogP) is 13.9. The van der Waals surface area contributed by atoms with Gasteiger partial charge in [0.2, 0.25) is 0 Å². The number of hydrogen-bond donors (Lipinski definition) is 0. The first kappa shape index (κ1) is 45.8. The van der Waals surface area contributed by atoms with E-state index in [1.165, 1.54) is 109 Å². The summed E-state index contributed by atoms with van der Waals surface area (Å²) in [6.07, 6.45) is 18.6. The zero-order valence-electron chi connectivity index (χ0n) is 33.6. The summed E-state index contributed by atoms with van der Waals surface area (Å²) in [7, 11) is 0. The monoisotopic (exact) mass is 900 g/mol. The van der Waals surface area contributed by atoms with Crippen LogP contribution in [-0.2, 0) is 54.0 Å². The number of benzene rings is 4. The summed E-state index contributed by atoms with van der Waals surface area (Å²) < 4.78 is 1.50. The molecule has 0 nitrogen and oxygen atoms in total. The Morgan fingerprint density at radius 1 is 0.692 bits per heavy atom. The van der Waals surface area contributed by atoms with Crippen LogP contribution in [0.1, 0.15) is 143 Å². The van der Waals surface area contributed by atoms with Crippen LogP contribution in [0.25, 0.3) is 11.1 Å². The molecule has 0 aromatic heterocycles. The molecule has 0 N–H and O–H groups in total. The quantitative estimate of drug-likeness (QED) is 0.108. The minimum Gasteiger partial charge on any atom is -0.273 e. The number of halogens is 2. The molecule has 0 atom stereocenters. The van der Waals surface area contributed by atoms with E-state index in [0.717, 1.165) is 36.7 Å². The van der Waals surface area contributed by atoms with Gasteiger partial charge in [-0.3, -0.25) is 6.08 Å². The van der Waals surface area contributed by atoms with Gasteiger partial charge in [-0.25, -0.2) is 12.2 Å². The van der Waals surface area contributed by atoms with Crippen LogP contribution in [0.3, 0.4) is 0 Å². The molecular formula is C49H62Cl2Hf. The maximum Gasteiger partial charge on any atom is -0.0129 e. The standard InChI is InChI=1S/C23H29.C21H26.C5H5.2ClH.Hf/c1-14-9-16-11-17-10-15(2)21(23(6,7)8)13-19(17)18(16)12-20(14)22(3,4)5;1-3-5-7-18-9-13-20(14-10-18)17-21-15-11-19(12-16-21)8-6-4-2;1-2-4-5-3-1;;;/h9,12-13H,11H2,1-8H3;9-16H,3-8H2,1-2H3;1-3H,4H2;2*1H;/q-1;;-1;;;+2. The average molecular weight is 900 g/mol. The summed E-state index contributed by atoms with van der Waals surface area (Å²) in [5.41, 5.74) is 17.3. The molecule has 0 bridgehead atoms. The number of hydrogen-bond acceptors (Lipinski definition) is 0. The van der Waals surface area contributed by atoms with E-state index in [9.17, 15) is 0 Å². The van der Waals surface area contributed by atoms with Gasteiger partial charge < -0.3 is 0 Å². The molecule has 2 aliphatic rings. The third kappa shape index (κ3) is 12.6. The average Bonchev–Trinajstić information content (AvgIpc) is 3.77. The summed E-state index contributed by atoms with van der Waals surface area (Å²) in [4.78, 5) is 0. The molecule has 0 amide bonds. The van der Waals surface area contributed by atoms with Gasteiger partial charge in [-0.2, -0.15) is 23.8 Å². The van der Waals surface area contributed by atoms with Crippen molar-refractivity contribution in [1.29, 1.82) is 0 Å². The Labute approximate surface area is 344 Å². The normalized spacial score (nSPS) is 12.4. The smallest absolute Gasteiger partial charge is 0.0129 e. The number of fused-ring (bicyclic) bond motifs is 3. The van der Waals surface area contributed by atoms with E-state index in [1.54, 1.807) is 0 Å². The fourth-order valence-electron chi connectivity index (χ4n) is 6.97. The molecule has 52 heavy (non-hydrogen) atoms. The molecule has 3 heteroatoms. The maximum atomic E-state index is 3.69. The van der Waals surface area contributed by atoms with E-state index in [2.05, 4.69) is 154 Å². The molecule has 0 saturated heterocycles. The SMILES string of the molecule is CCCCc1ccc([C](=[Hf+2])c2ccc(CCCC)cc2)cc1.Cc1[c-]c2c(cc1C(C)(C)C)-c1cc(C(C)(C)C)c(C)cc1C2.Cl.Cl.[C-]1=CC=CC1. The van der Waals surface area contributed by atoms with Crippen LogP contribution in [0.5, 0.6) is 0 Å². The van der Waals surface area contributed by atoms with Gasteiger partial charge in [-0.15, -0.1) is 47.9 Å². The zero-order valence-corrected chi connectivity index (χ0v) is 38.8. The predicted molar refractivity (Wildman–Crippen MR) is 230 cm³/mol. The molecule has 0 fully saturated rings. The summed E-state index contributed by atoms with van der Waals surface area (Å²) >= 11 is 1.08. The molecular weight excluding hydrogens is 838 g/mol. The maximum absolute atomic E-state index is 3.69. The van der Waals surface area contributed by atoms with Gasteiger partial charge in [0.15, 0.2) is 0 Å². The Morgan fingerprint density at radius 3 is 1.60 bits per heavy atom. The van der Waals surface area contributed by atoms with Crippen LogP contribution in [0.2, 0.25) is 0 Å². The molecule has 2 aliphatic carbocycles. The van der Waals surface area contributed by atoms with Crippen LogP contribution in [0.15, 0.2) is 85.0 Å². The second-order valence-corrected chi connectivity index (χ2v) is 18.0. The van der Waals surface area contributed by atoms with Gasteiger partial charge >= 0.3 is 150 Å². The van der Waals surface area contributed by atoms with Gasteiger partial charge in [-0.1, -0.05) is 71.6 Å². The van der Waals surface area contributed by atoms with Crippen molar-refractivity contribution < 1.29 is 23.9 Å². The van der Waals surface area contributed by atoms with Gasteiger partial charge in [0, 0.05) is 0 Å². The first-order valence-corrected chi connectivity index (χ1v) is 20.7. The minimum absolute atomic E-state index is 0. The van der Waals surface area contributed by atoms with Crippen molar-refractivity contribution in [2.45, 2.75) is 131 Å². The van der Waals surface area contributed by atoms with Gasteiger partial charge in [-0.05, 0) is 35.4 Å². The van der Waals surface area contributed by atoms with E-state index < -0.39 is 0 Å². The minimum atomic E-state index is 0. The largest absolute Gasteiger partial charge is 0.273 e. The molecule has 6 rings (SSSR count). The summed E-state index contributed by atoms with van der Waals surface area (Å²) in [6, 6.07) is 29.4. The molecule has 0 unspecified atom stereocenters. The fraction of sp³-hybridized carbons (Fsp3) is 0.408. The van der Waals surface area contributed by atoms with Crippen molar-refractivity contribution in [3.05, 3.63) is 153 Å². The summed E-state index contributed by atoms with van der Waals surface area (Å²) in [5, 5.41) is 0. The first-order chi connectivity index (χ1) is 23.7. The van der Waals surface area contributed by atoms with Crippen LogP contribution >= 0.6 is 24.8 Å². The van der Waals surface area contributed by atoms with Crippen LogP contribution in [0, 0.1) is 26.0 Å². The van der Waals surface area contributed by atoms with Crippen molar-refractivity contribution >= 4 is 28.1 Å². The van der Waals surface area contributed by atoms with E-state index in [0.29, 0.717) is 0 Å². The Kier molecular flexibility index (Phi) is 18.5. The Bertz CT molecular complexity index is 1660. The number of unbranched alkanes of at least 4 members (excludes halogenated alkanes) is 2. The Morgan fingerprint density at radius 2 is 1.19 bits per heavy atom. The molecule has 0 radical (unpaired) electrons. The Balaban J connectivity index is 0.000000307. The van der Waals surface area contributed by atoms with Crippen molar-refractivity contribution in [3.63, 3.8) is 0 Å². The van der Waals surface area contributed by atoms with Crippen molar-refractivity contribution in [3.8, 4) is 11.1 Å². The fourth-order valence-corrected chi connectivity index (χ4v) is 8.17. The third-order valence-corrected chi connectivity index (χ3v) is 11.9. The number of rotatable bonds is 8. The Hall–Kier alpha value is -2.32. The molecule has 4 aromatic carbocycles. The van der Waals surface area contributed by atoms with Crippen LogP contribution in [-0.4, -0.2) is 3.26 Å². The number of aryl methyl sites for hydroxylation is 4. The molecule has 276 valence electrons. The van der Waals surface area contributed by atoms with Crippen molar-refractivity contribution in [2.75, 3.05) is 0 Å². The molecule has 0 saturated carbocycles. The van der Waals surface area contributed by atoms with Gasteiger partial charge in [0.05, 0.1) is 0 Å². The van der Waals surface area contributed by atoms with E-state index in [1.807, 2.05) is 12.2 Å². The van der Waals surface area contributed by atoms with Crippen LogP contribution < -0.4 is 0 Å². The number of allylic oxidation sites excluding steroid dienone is 4. The van der Waals surface area contributed by atoms with Crippen molar-refractivity contribution in [1.82, 2.24) is 0 Å². The van der Waals surface area contributed by atoms with E-state index in [-0.39, 0.29) is 35.6 Å². The third-order valence-electron chi connectivity index (χ3n) is 9.79. The van der Waals surface area contributed by atoms with Crippen LogP contribution in [0.4, 0.5) is 0 Å². The second kappa shape index (κ2) is 21.0. The molecule has 0 heterocycles.